The Morgan fingerprint density at radius 3 is 2.09 bits per heavy atom. The average molecular weight is 318 g/mol. The fraction of sp³-hybridized carbons (Fsp3) is 0.750. The largest absolute Gasteiger partial charge is 0.353 e. The number of aromatic nitrogens is 1. The fourth-order valence-electron chi connectivity index (χ4n) is 3.46. The molecule has 1 saturated heterocycles. The van der Waals surface area contributed by atoms with Crippen molar-refractivity contribution in [2.24, 2.45) is 5.41 Å². The summed E-state index contributed by atoms with van der Waals surface area (Å²) >= 11 is 0. The van der Waals surface area contributed by atoms with Crippen molar-refractivity contribution in [1.82, 2.24) is 9.88 Å². The Balaban J connectivity index is 2.16. The summed E-state index contributed by atoms with van der Waals surface area (Å²) in [6.45, 7) is 21.7. The second kappa shape index (κ2) is 6.43. The molecule has 0 bridgehead atoms. The van der Waals surface area contributed by atoms with Gasteiger partial charge in [-0.1, -0.05) is 41.5 Å². The molecule has 2 heterocycles. The van der Waals surface area contributed by atoms with Crippen molar-refractivity contribution >= 4 is 5.82 Å². The van der Waals surface area contributed by atoms with Crippen molar-refractivity contribution in [2.45, 2.75) is 72.9 Å². The summed E-state index contributed by atoms with van der Waals surface area (Å²) in [5.74, 6) is 1.13. The Hall–Kier alpha value is -1.09. The smallest absolute Gasteiger partial charge is 0.128 e. The molecule has 0 aliphatic carbocycles. The van der Waals surface area contributed by atoms with Gasteiger partial charge in [0.15, 0.2) is 0 Å². The molecule has 2 unspecified atom stereocenters. The lowest BCUT2D eigenvalue weighted by atomic mass is 9.87. The van der Waals surface area contributed by atoms with Crippen LogP contribution in [0.5, 0.6) is 0 Å². The van der Waals surface area contributed by atoms with Crippen LogP contribution < -0.4 is 4.90 Å². The zero-order valence-corrected chi connectivity index (χ0v) is 16.3. The molecule has 0 radical (unpaired) electrons. The summed E-state index contributed by atoms with van der Waals surface area (Å²) in [4.78, 5) is 9.77. The van der Waals surface area contributed by atoms with Crippen molar-refractivity contribution in [1.29, 1.82) is 0 Å². The zero-order valence-electron chi connectivity index (χ0n) is 16.3. The molecular formula is C20H35N3. The monoisotopic (exact) mass is 317 g/mol. The first-order chi connectivity index (χ1) is 10.5. The number of piperazine rings is 1. The van der Waals surface area contributed by atoms with Crippen LogP contribution in [0.1, 0.15) is 61.0 Å². The average Bonchev–Trinajstić information content (AvgIpc) is 2.41. The van der Waals surface area contributed by atoms with E-state index in [1.165, 1.54) is 5.56 Å². The van der Waals surface area contributed by atoms with Crippen LogP contribution in [0.25, 0.3) is 0 Å². The molecule has 3 nitrogen and oxygen atoms in total. The number of anilines is 1. The van der Waals surface area contributed by atoms with Crippen LogP contribution in [0.15, 0.2) is 18.3 Å². The predicted octanol–water partition coefficient (Wildman–Crippen LogP) is 4.32. The lowest BCUT2D eigenvalue weighted by Crippen LogP contribution is -2.58. The van der Waals surface area contributed by atoms with Crippen LogP contribution in [0.3, 0.4) is 0 Å². The second-order valence-electron chi connectivity index (χ2n) is 9.49. The summed E-state index contributed by atoms with van der Waals surface area (Å²) < 4.78 is 0. The van der Waals surface area contributed by atoms with Crippen LogP contribution >= 0.6 is 0 Å². The van der Waals surface area contributed by atoms with Gasteiger partial charge in [0.05, 0.1) is 0 Å². The first-order valence-corrected chi connectivity index (χ1v) is 8.94. The van der Waals surface area contributed by atoms with Crippen molar-refractivity contribution in [2.75, 3.05) is 24.5 Å². The number of hydrogen-bond donors (Lipinski definition) is 0. The summed E-state index contributed by atoms with van der Waals surface area (Å²) in [5, 5.41) is 0. The van der Waals surface area contributed by atoms with Gasteiger partial charge in [-0.05, 0) is 42.4 Å². The van der Waals surface area contributed by atoms with Gasteiger partial charge in [-0.25, -0.2) is 4.98 Å². The highest BCUT2D eigenvalue weighted by molar-refractivity contribution is 5.44. The Kier molecular flexibility index (Phi) is 5.10. The van der Waals surface area contributed by atoms with Crippen molar-refractivity contribution in [3.05, 3.63) is 23.9 Å². The number of nitrogens with zero attached hydrogens (tertiary/aromatic N) is 3. The molecule has 1 fully saturated rings. The van der Waals surface area contributed by atoms with E-state index in [1.54, 1.807) is 0 Å². The van der Waals surface area contributed by atoms with Crippen LogP contribution in [-0.2, 0) is 5.41 Å². The molecular weight excluding hydrogens is 282 g/mol. The van der Waals surface area contributed by atoms with Gasteiger partial charge in [-0.3, -0.25) is 4.90 Å². The van der Waals surface area contributed by atoms with Crippen molar-refractivity contribution in [3.63, 3.8) is 0 Å². The second-order valence-corrected chi connectivity index (χ2v) is 9.49. The Morgan fingerprint density at radius 1 is 1.04 bits per heavy atom. The normalized spacial score (nSPS) is 24.1. The highest BCUT2D eigenvalue weighted by atomic mass is 15.3. The first-order valence-electron chi connectivity index (χ1n) is 8.94. The zero-order chi connectivity index (χ0) is 17.4. The number of rotatable bonds is 2. The lowest BCUT2D eigenvalue weighted by Gasteiger charge is -2.47. The van der Waals surface area contributed by atoms with E-state index < -0.39 is 0 Å². The van der Waals surface area contributed by atoms with E-state index in [4.69, 9.17) is 0 Å². The number of hydrogen-bond acceptors (Lipinski definition) is 3. The molecule has 0 aromatic carbocycles. The molecule has 1 aromatic heterocycles. The Labute approximate surface area is 143 Å². The van der Waals surface area contributed by atoms with Gasteiger partial charge in [0.1, 0.15) is 5.82 Å². The molecule has 0 spiro atoms. The molecule has 1 aliphatic heterocycles. The molecule has 2 atom stereocenters. The van der Waals surface area contributed by atoms with E-state index in [0.717, 1.165) is 25.5 Å². The standard InChI is InChI=1S/C20H35N3/c1-15-12-22(13-16(2)23(15)14-19(3,4)5)18-11-17(9-10-21-18)20(6,7)8/h9-11,15-16H,12-14H2,1-8H3. The van der Waals surface area contributed by atoms with E-state index in [1.807, 2.05) is 6.20 Å². The number of pyridine rings is 1. The van der Waals surface area contributed by atoms with Crippen molar-refractivity contribution in [3.8, 4) is 0 Å². The Bertz CT molecular complexity index is 512. The highest BCUT2D eigenvalue weighted by Gasteiger charge is 2.32. The van der Waals surface area contributed by atoms with Gasteiger partial charge in [-0.15, -0.1) is 0 Å². The SMILES string of the molecule is CC1CN(c2cc(C(C)(C)C)ccn2)CC(C)N1CC(C)(C)C. The summed E-state index contributed by atoms with van der Waals surface area (Å²) in [5.41, 5.74) is 1.87. The van der Waals surface area contributed by atoms with Gasteiger partial charge in [0.25, 0.3) is 0 Å². The quantitative estimate of drug-likeness (QED) is 0.809. The van der Waals surface area contributed by atoms with Crippen LogP contribution in [0, 0.1) is 5.41 Å². The molecule has 0 amide bonds. The minimum Gasteiger partial charge on any atom is -0.353 e. The molecule has 1 aromatic rings. The summed E-state index contributed by atoms with van der Waals surface area (Å²) in [7, 11) is 0. The maximum atomic E-state index is 4.65. The molecule has 1 aliphatic rings. The molecule has 2 rings (SSSR count). The Morgan fingerprint density at radius 2 is 1.61 bits per heavy atom. The van der Waals surface area contributed by atoms with E-state index in [2.05, 4.69) is 82.3 Å². The van der Waals surface area contributed by atoms with Crippen molar-refractivity contribution < 1.29 is 0 Å². The lowest BCUT2D eigenvalue weighted by molar-refractivity contribution is 0.0880. The van der Waals surface area contributed by atoms with Crippen LogP contribution in [0.2, 0.25) is 0 Å². The van der Waals surface area contributed by atoms with E-state index in [-0.39, 0.29) is 5.41 Å². The van der Waals surface area contributed by atoms with Crippen LogP contribution in [0.4, 0.5) is 5.82 Å². The molecule has 130 valence electrons. The maximum Gasteiger partial charge on any atom is 0.128 e. The minimum atomic E-state index is 0.170. The molecule has 0 N–H and O–H groups in total. The van der Waals surface area contributed by atoms with Gasteiger partial charge >= 0.3 is 0 Å². The molecule has 23 heavy (non-hydrogen) atoms. The van der Waals surface area contributed by atoms with Gasteiger partial charge in [0, 0.05) is 37.9 Å². The summed E-state index contributed by atoms with van der Waals surface area (Å²) in [6, 6.07) is 5.53. The van der Waals surface area contributed by atoms with Gasteiger partial charge in [0.2, 0.25) is 0 Å². The fourth-order valence-corrected chi connectivity index (χ4v) is 3.46. The van der Waals surface area contributed by atoms with Gasteiger partial charge < -0.3 is 4.90 Å². The minimum absolute atomic E-state index is 0.170. The highest BCUT2D eigenvalue weighted by Crippen LogP contribution is 2.28. The maximum absolute atomic E-state index is 4.65. The third kappa shape index (κ3) is 4.69. The molecule has 0 saturated carbocycles. The van der Waals surface area contributed by atoms with E-state index in [0.29, 0.717) is 17.5 Å². The van der Waals surface area contributed by atoms with E-state index in [9.17, 15) is 0 Å². The first kappa shape index (κ1) is 18.3. The van der Waals surface area contributed by atoms with Gasteiger partial charge in [-0.2, -0.15) is 0 Å². The molecule has 3 heteroatoms. The third-order valence-corrected chi connectivity index (χ3v) is 4.69. The van der Waals surface area contributed by atoms with E-state index >= 15 is 0 Å². The third-order valence-electron chi connectivity index (χ3n) is 4.69. The van der Waals surface area contributed by atoms with Crippen LogP contribution in [-0.4, -0.2) is 41.6 Å². The topological polar surface area (TPSA) is 19.4 Å². The predicted molar refractivity (Wildman–Crippen MR) is 100 cm³/mol. The summed E-state index contributed by atoms with van der Waals surface area (Å²) in [6.07, 6.45) is 1.97.